The fourth-order valence-electron chi connectivity index (χ4n) is 1.93. The second-order valence-electron chi connectivity index (χ2n) is 3.97. The van der Waals surface area contributed by atoms with Gasteiger partial charge in [-0.05, 0) is 32.0 Å². The summed E-state index contributed by atoms with van der Waals surface area (Å²) in [6.45, 7) is 3.92. The number of fused-ring (bicyclic) bond motifs is 1. The first-order valence-electron chi connectivity index (χ1n) is 4.92. The van der Waals surface area contributed by atoms with Crippen LogP contribution in [0.5, 0.6) is 5.75 Å². The molecule has 0 aliphatic carbocycles. The molecule has 4 heteroatoms. The largest absolute Gasteiger partial charge is 0.508 e. The Morgan fingerprint density at radius 1 is 1.33 bits per heavy atom. The quantitative estimate of drug-likeness (QED) is 0.770. The van der Waals surface area contributed by atoms with Gasteiger partial charge in [-0.1, -0.05) is 0 Å². The second-order valence-corrected chi connectivity index (χ2v) is 3.97. The number of aromatic hydroxyl groups is 1. The first-order valence-corrected chi connectivity index (χ1v) is 4.92. The van der Waals surface area contributed by atoms with Crippen molar-refractivity contribution in [2.75, 3.05) is 0 Å². The van der Waals surface area contributed by atoms with E-state index in [0.29, 0.717) is 5.39 Å². The SMILES string of the molecule is CC(C)n1c(=O)c2cc(O)ccc2n1C. The summed E-state index contributed by atoms with van der Waals surface area (Å²) in [5, 5.41) is 9.90. The Labute approximate surface area is 87.3 Å². The van der Waals surface area contributed by atoms with Crippen LogP contribution < -0.4 is 5.56 Å². The van der Waals surface area contributed by atoms with Gasteiger partial charge in [0.15, 0.2) is 0 Å². The Kier molecular flexibility index (Phi) is 2.07. The zero-order valence-corrected chi connectivity index (χ0v) is 9.06. The number of rotatable bonds is 1. The Bertz CT molecular complexity index is 564. The molecule has 0 saturated heterocycles. The summed E-state index contributed by atoms with van der Waals surface area (Å²) < 4.78 is 3.49. The van der Waals surface area contributed by atoms with Gasteiger partial charge in [-0.2, -0.15) is 0 Å². The zero-order valence-electron chi connectivity index (χ0n) is 9.06. The van der Waals surface area contributed by atoms with Crippen LogP contribution in [-0.2, 0) is 7.05 Å². The molecule has 15 heavy (non-hydrogen) atoms. The summed E-state index contributed by atoms with van der Waals surface area (Å²) in [7, 11) is 1.85. The average molecular weight is 206 g/mol. The number of hydrogen-bond acceptors (Lipinski definition) is 2. The molecule has 0 aliphatic rings. The van der Waals surface area contributed by atoms with Crippen LogP contribution in [0.1, 0.15) is 19.9 Å². The topological polar surface area (TPSA) is 47.2 Å². The summed E-state index contributed by atoms with van der Waals surface area (Å²) in [5.41, 5.74) is 0.782. The Balaban J connectivity index is 2.92. The van der Waals surface area contributed by atoms with Crippen molar-refractivity contribution in [3.05, 3.63) is 28.6 Å². The van der Waals surface area contributed by atoms with Gasteiger partial charge in [-0.15, -0.1) is 0 Å². The lowest BCUT2D eigenvalue weighted by Gasteiger charge is -2.10. The molecule has 80 valence electrons. The van der Waals surface area contributed by atoms with Crippen molar-refractivity contribution in [3.8, 4) is 5.75 Å². The molecule has 2 aromatic rings. The molecule has 0 unspecified atom stereocenters. The Morgan fingerprint density at radius 3 is 2.60 bits per heavy atom. The summed E-state index contributed by atoms with van der Waals surface area (Å²) >= 11 is 0. The third kappa shape index (κ3) is 1.33. The highest BCUT2D eigenvalue weighted by Crippen LogP contribution is 2.18. The highest BCUT2D eigenvalue weighted by atomic mass is 16.3. The summed E-state index contributed by atoms with van der Waals surface area (Å²) in [6.07, 6.45) is 0. The summed E-state index contributed by atoms with van der Waals surface area (Å²) in [4.78, 5) is 12.0. The van der Waals surface area contributed by atoms with Gasteiger partial charge in [0.2, 0.25) is 0 Å². The molecule has 0 atom stereocenters. The van der Waals surface area contributed by atoms with Crippen molar-refractivity contribution < 1.29 is 5.11 Å². The van der Waals surface area contributed by atoms with Gasteiger partial charge in [0.1, 0.15) is 5.75 Å². The number of aromatic nitrogens is 2. The predicted molar refractivity (Wildman–Crippen MR) is 59.2 cm³/mol. The van der Waals surface area contributed by atoms with Crippen molar-refractivity contribution >= 4 is 10.9 Å². The van der Waals surface area contributed by atoms with Crippen LogP contribution in [0.4, 0.5) is 0 Å². The van der Waals surface area contributed by atoms with Crippen molar-refractivity contribution in [2.45, 2.75) is 19.9 Å². The van der Waals surface area contributed by atoms with Gasteiger partial charge in [0, 0.05) is 13.1 Å². The maximum Gasteiger partial charge on any atom is 0.274 e. The van der Waals surface area contributed by atoms with E-state index in [0.717, 1.165) is 5.52 Å². The first-order chi connectivity index (χ1) is 7.02. The number of phenols is 1. The predicted octanol–water partition coefficient (Wildman–Crippen LogP) is 1.63. The smallest absolute Gasteiger partial charge is 0.274 e. The van der Waals surface area contributed by atoms with Crippen LogP contribution in [0.2, 0.25) is 0 Å². The molecule has 0 fully saturated rings. The highest BCUT2D eigenvalue weighted by Gasteiger charge is 2.12. The maximum absolute atomic E-state index is 12.0. The molecule has 0 spiro atoms. The minimum atomic E-state index is -0.0570. The van der Waals surface area contributed by atoms with Crippen molar-refractivity contribution in [1.82, 2.24) is 9.36 Å². The van der Waals surface area contributed by atoms with Crippen LogP contribution in [0.25, 0.3) is 10.9 Å². The van der Waals surface area contributed by atoms with Crippen LogP contribution >= 0.6 is 0 Å². The lowest BCUT2D eigenvalue weighted by Crippen LogP contribution is -2.23. The summed E-state index contributed by atoms with van der Waals surface area (Å²) in [6, 6.07) is 4.96. The molecule has 0 aliphatic heterocycles. The van der Waals surface area contributed by atoms with Crippen LogP contribution in [0.3, 0.4) is 0 Å². The van der Waals surface area contributed by atoms with Gasteiger partial charge in [-0.25, -0.2) is 4.68 Å². The first kappa shape index (κ1) is 9.83. The van der Waals surface area contributed by atoms with E-state index in [1.54, 1.807) is 16.8 Å². The van der Waals surface area contributed by atoms with E-state index < -0.39 is 0 Å². The van der Waals surface area contributed by atoms with Crippen molar-refractivity contribution in [2.24, 2.45) is 7.05 Å². The van der Waals surface area contributed by atoms with Gasteiger partial charge in [0.05, 0.1) is 10.9 Å². The number of phenolic OH excluding ortho intramolecular Hbond substituents is 1. The molecule has 0 radical (unpaired) electrons. The molecule has 4 nitrogen and oxygen atoms in total. The molecule has 0 amide bonds. The monoisotopic (exact) mass is 206 g/mol. The lowest BCUT2D eigenvalue weighted by molar-refractivity contribution is 0.447. The van der Waals surface area contributed by atoms with E-state index in [2.05, 4.69) is 0 Å². The van der Waals surface area contributed by atoms with E-state index in [-0.39, 0.29) is 17.4 Å². The lowest BCUT2D eigenvalue weighted by atomic mass is 10.2. The molecular formula is C11H14N2O2. The number of nitrogens with zero attached hydrogens (tertiary/aromatic N) is 2. The minimum absolute atomic E-state index is 0.0570. The van der Waals surface area contributed by atoms with E-state index in [1.807, 2.05) is 25.6 Å². The Hall–Kier alpha value is -1.71. The van der Waals surface area contributed by atoms with Crippen LogP contribution in [-0.4, -0.2) is 14.5 Å². The van der Waals surface area contributed by atoms with Gasteiger partial charge in [0.25, 0.3) is 5.56 Å². The maximum atomic E-state index is 12.0. The summed E-state index contributed by atoms with van der Waals surface area (Å²) in [5.74, 6) is 0.126. The van der Waals surface area contributed by atoms with Gasteiger partial charge < -0.3 is 5.11 Å². The van der Waals surface area contributed by atoms with E-state index in [4.69, 9.17) is 0 Å². The number of hydrogen-bond donors (Lipinski definition) is 1. The normalized spacial score (nSPS) is 11.5. The highest BCUT2D eigenvalue weighted by molar-refractivity contribution is 5.80. The van der Waals surface area contributed by atoms with Crippen molar-refractivity contribution in [3.63, 3.8) is 0 Å². The number of aryl methyl sites for hydroxylation is 1. The molecule has 1 aromatic heterocycles. The molecule has 2 rings (SSSR count). The molecule has 1 aromatic carbocycles. The third-order valence-corrected chi connectivity index (χ3v) is 2.58. The fraction of sp³-hybridized carbons (Fsp3) is 0.364. The van der Waals surface area contributed by atoms with E-state index >= 15 is 0 Å². The minimum Gasteiger partial charge on any atom is -0.508 e. The molecule has 0 saturated carbocycles. The van der Waals surface area contributed by atoms with Gasteiger partial charge in [-0.3, -0.25) is 9.48 Å². The van der Waals surface area contributed by atoms with E-state index in [9.17, 15) is 9.90 Å². The fourth-order valence-corrected chi connectivity index (χ4v) is 1.93. The zero-order chi connectivity index (χ0) is 11.2. The number of benzene rings is 1. The molecule has 1 heterocycles. The third-order valence-electron chi connectivity index (χ3n) is 2.58. The molecular weight excluding hydrogens is 192 g/mol. The standard InChI is InChI=1S/C11H14N2O2/c1-7(2)13-11(15)9-6-8(14)4-5-10(9)12(13)3/h4-7,14H,1-3H3. The molecule has 0 bridgehead atoms. The van der Waals surface area contributed by atoms with Crippen LogP contribution in [0.15, 0.2) is 23.0 Å². The molecule has 1 N–H and O–H groups in total. The Morgan fingerprint density at radius 2 is 2.00 bits per heavy atom. The second kappa shape index (κ2) is 3.15. The van der Waals surface area contributed by atoms with Crippen LogP contribution in [0, 0.1) is 0 Å². The van der Waals surface area contributed by atoms with E-state index in [1.165, 1.54) is 6.07 Å². The average Bonchev–Trinajstić information content (AvgIpc) is 2.39. The van der Waals surface area contributed by atoms with Gasteiger partial charge >= 0.3 is 0 Å². The van der Waals surface area contributed by atoms with Crippen molar-refractivity contribution in [1.29, 1.82) is 0 Å².